The van der Waals surface area contributed by atoms with E-state index >= 15 is 0 Å². The van der Waals surface area contributed by atoms with Gasteiger partial charge in [-0.05, 0) is 0 Å². The van der Waals surface area contributed by atoms with Crippen LogP contribution in [0.4, 0.5) is 0 Å². The van der Waals surface area contributed by atoms with E-state index in [0.717, 1.165) is 0 Å². The van der Waals surface area contributed by atoms with E-state index in [0.29, 0.717) is 0 Å². The third kappa shape index (κ3) is 105. The molecule has 0 saturated heterocycles. The molecule has 0 aliphatic heterocycles. The van der Waals surface area contributed by atoms with Crippen molar-refractivity contribution in [1.82, 2.24) is 0 Å². The summed E-state index contributed by atoms with van der Waals surface area (Å²) in [7, 11) is 0. The zero-order chi connectivity index (χ0) is 4.50. The second kappa shape index (κ2) is 2.91. The predicted octanol–water partition coefficient (Wildman–Crippen LogP) is -2.27. The molecule has 4 nitrogen and oxygen atoms in total. The summed E-state index contributed by atoms with van der Waals surface area (Å²) >= 11 is -5.25. The second-order valence-corrected chi connectivity index (χ2v) is 1.85. The molecule has 36 valence electrons. The van der Waals surface area contributed by atoms with Crippen LogP contribution in [0.2, 0.25) is 0 Å². The molecule has 0 bridgehead atoms. The van der Waals surface area contributed by atoms with Crippen molar-refractivity contribution >= 4 is 23.1 Å². The van der Waals surface area contributed by atoms with Gasteiger partial charge in [0.1, 0.15) is 0 Å². The van der Waals surface area contributed by atoms with Crippen LogP contribution in [0.3, 0.4) is 0 Å². The van der Waals surface area contributed by atoms with Gasteiger partial charge in [-0.2, -0.15) is 0 Å². The van der Waals surface area contributed by atoms with Crippen molar-refractivity contribution in [1.29, 1.82) is 0 Å². The average Bonchev–Trinajstić information content (AvgIpc) is 0.722. The van der Waals surface area contributed by atoms with E-state index in [1.165, 1.54) is 0 Å². The van der Waals surface area contributed by atoms with Crippen LogP contribution in [0.1, 0.15) is 0 Å². The normalized spacial score (nSPS) is 9.67. The summed E-state index contributed by atoms with van der Waals surface area (Å²) < 4.78 is 31.9. The first-order valence-electron chi connectivity index (χ1n) is 0.698. The first-order valence-corrected chi connectivity index (χ1v) is 2.88. The number of rotatable bonds is 0. The second-order valence-electron chi connectivity index (χ2n) is 0.448. The first-order chi connectivity index (χ1) is 2.00. The Morgan fingerprint density at radius 1 is 1.17 bits per heavy atom. The average molecular weight is 144 g/mol. The first kappa shape index (κ1) is 9.94. The van der Waals surface area contributed by atoms with E-state index in [2.05, 4.69) is 0 Å². The van der Waals surface area contributed by atoms with Gasteiger partial charge in [0.15, 0.2) is 0 Å². The number of hydrogen-bond donors (Lipinski definition) is 2. The van der Waals surface area contributed by atoms with Crippen LogP contribution < -0.4 is 0 Å². The van der Waals surface area contributed by atoms with Gasteiger partial charge in [-0.1, -0.05) is 0 Å². The Labute approximate surface area is 52.7 Å². The zero-order valence-electron chi connectivity index (χ0n) is 2.12. The van der Waals surface area contributed by atoms with Crippen LogP contribution in [-0.4, -0.2) is 31.4 Å². The Kier molecular flexibility index (Phi) is 4.82. The van der Waals surface area contributed by atoms with Crippen LogP contribution in [0, 0.1) is 0 Å². The topological polar surface area (TPSA) is 74.6 Å². The Balaban J connectivity index is 0. The Hall–Kier alpha value is 0.819. The van der Waals surface area contributed by atoms with Crippen molar-refractivity contribution in [3.63, 3.8) is 0 Å². The summed E-state index contributed by atoms with van der Waals surface area (Å²) in [6, 6.07) is 0. The summed E-state index contributed by atoms with van der Waals surface area (Å²) in [6.07, 6.45) is 0. The van der Waals surface area contributed by atoms with Gasteiger partial charge in [-0.3, -0.25) is 0 Å². The molecule has 0 aliphatic carbocycles. The third-order valence-corrected chi connectivity index (χ3v) is 0. The molecular formula is H4CrMgO4. The molecular weight excluding hydrogens is 140 g/mol. The van der Waals surface area contributed by atoms with Crippen LogP contribution in [-0.2, 0) is 21.2 Å². The fourth-order valence-corrected chi connectivity index (χ4v) is 0. The minimum atomic E-state index is -5.25. The number of hydrogen-bond acceptors (Lipinski definition) is 2. The maximum absolute atomic E-state index is 8.82. The fourth-order valence-electron chi connectivity index (χ4n) is 0. The van der Waals surface area contributed by atoms with Crippen molar-refractivity contribution in [3.8, 4) is 0 Å². The van der Waals surface area contributed by atoms with Crippen LogP contribution in [0.15, 0.2) is 0 Å². The van der Waals surface area contributed by atoms with E-state index < -0.39 is 13.6 Å². The van der Waals surface area contributed by atoms with Gasteiger partial charge >= 0.3 is 52.6 Å². The van der Waals surface area contributed by atoms with Crippen molar-refractivity contribution in [3.05, 3.63) is 0 Å². The van der Waals surface area contributed by atoms with Crippen molar-refractivity contribution < 1.29 is 29.5 Å². The molecule has 6 heteroatoms. The van der Waals surface area contributed by atoms with Gasteiger partial charge in [0.2, 0.25) is 0 Å². The van der Waals surface area contributed by atoms with Gasteiger partial charge in [0, 0.05) is 0 Å². The molecule has 0 spiro atoms. The Bertz CT molecular complexity index is 90.7. The molecule has 0 atom stereocenters. The molecule has 0 aromatic rings. The van der Waals surface area contributed by atoms with E-state index in [9.17, 15) is 0 Å². The van der Waals surface area contributed by atoms with Gasteiger partial charge in [0.25, 0.3) is 0 Å². The summed E-state index contributed by atoms with van der Waals surface area (Å²) in [5, 5.41) is 0. The molecule has 0 aromatic heterocycles. The minimum absolute atomic E-state index is 0. The molecule has 6 heavy (non-hydrogen) atoms. The van der Waals surface area contributed by atoms with E-state index in [1.807, 2.05) is 0 Å². The molecule has 0 saturated carbocycles. The van der Waals surface area contributed by atoms with Crippen LogP contribution >= 0.6 is 0 Å². The van der Waals surface area contributed by atoms with E-state index in [1.54, 1.807) is 0 Å². The molecule has 0 rings (SSSR count). The predicted molar refractivity (Wildman–Crippen MR) is 14.4 cm³/mol. The summed E-state index contributed by atoms with van der Waals surface area (Å²) in [5.74, 6) is 0. The molecule has 0 aromatic carbocycles. The molecule has 0 heterocycles. The van der Waals surface area contributed by atoms with E-state index in [4.69, 9.17) is 15.9 Å². The fraction of sp³-hybridized carbons (Fsp3) is 0. The standard InChI is InChI=1S/Cr.Mg.2H2O.2O.2H/h;;2*1H2;;;;/q+2;;;;;;;/p-2. The summed E-state index contributed by atoms with van der Waals surface area (Å²) in [6.45, 7) is 0. The Morgan fingerprint density at radius 2 is 1.17 bits per heavy atom. The van der Waals surface area contributed by atoms with Crippen LogP contribution in [0.5, 0.6) is 0 Å². The summed E-state index contributed by atoms with van der Waals surface area (Å²) in [5.41, 5.74) is 0. The Morgan fingerprint density at radius 3 is 1.17 bits per heavy atom. The van der Waals surface area contributed by atoms with E-state index in [-0.39, 0.29) is 23.1 Å². The van der Waals surface area contributed by atoms with Crippen molar-refractivity contribution in [2.45, 2.75) is 0 Å². The van der Waals surface area contributed by atoms with Gasteiger partial charge in [0.05, 0.1) is 0 Å². The monoisotopic (exact) mass is 144 g/mol. The SMILES string of the molecule is [MgH2].[O]=[Cr](=[O])([OH])[OH]. The van der Waals surface area contributed by atoms with Gasteiger partial charge in [-0.25, -0.2) is 0 Å². The van der Waals surface area contributed by atoms with Crippen molar-refractivity contribution in [2.24, 2.45) is 0 Å². The van der Waals surface area contributed by atoms with Crippen molar-refractivity contribution in [2.75, 3.05) is 0 Å². The third-order valence-electron chi connectivity index (χ3n) is 0. The molecule has 0 radical (unpaired) electrons. The zero-order valence-corrected chi connectivity index (χ0v) is 3.39. The molecule has 0 unspecified atom stereocenters. The molecule has 2 N–H and O–H groups in total. The molecule has 0 fully saturated rings. The molecule has 0 aliphatic rings. The van der Waals surface area contributed by atoms with Crippen LogP contribution in [0.25, 0.3) is 0 Å². The molecule has 0 amide bonds. The van der Waals surface area contributed by atoms with Gasteiger partial charge < -0.3 is 0 Å². The maximum atomic E-state index is 8.82. The quantitative estimate of drug-likeness (QED) is 0.376. The summed E-state index contributed by atoms with van der Waals surface area (Å²) in [4.78, 5) is 0. The van der Waals surface area contributed by atoms with Gasteiger partial charge in [-0.15, -0.1) is 0 Å².